The van der Waals surface area contributed by atoms with Gasteiger partial charge in [-0.15, -0.1) is 11.6 Å². The smallest absolute Gasteiger partial charge is 0.0599 e. The largest absolute Gasteiger partial charge is 0.375 e. The van der Waals surface area contributed by atoms with Gasteiger partial charge in [-0.25, -0.2) is 0 Å². The maximum atomic E-state index is 5.70. The second kappa shape index (κ2) is 5.94. The van der Waals surface area contributed by atoms with Crippen LogP contribution in [0.1, 0.15) is 41.0 Å². The molecule has 0 unspecified atom stereocenters. The molecule has 0 saturated heterocycles. The molecule has 0 radical (unpaired) electrons. The molecule has 0 aliphatic carbocycles. The van der Waals surface area contributed by atoms with E-state index in [1.165, 1.54) is 0 Å². The van der Waals surface area contributed by atoms with Gasteiger partial charge in [-0.2, -0.15) is 0 Å². The molecule has 3 heteroatoms. The normalized spacial score (nSPS) is 13.3. The number of alkyl halides is 1. The first kappa shape index (κ1) is 14.2. The van der Waals surface area contributed by atoms with Crippen LogP contribution in [0.25, 0.3) is 0 Å². The number of halogens is 1. The molecule has 1 N–H and O–H groups in total. The molecule has 2 nitrogen and oxygen atoms in total. The van der Waals surface area contributed by atoms with E-state index < -0.39 is 0 Å². The van der Waals surface area contributed by atoms with E-state index in [-0.39, 0.29) is 11.1 Å². The third-order valence-corrected chi connectivity index (χ3v) is 2.15. The summed E-state index contributed by atoms with van der Waals surface area (Å²) in [5.41, 5.74) is 0.0707. The van der Waals surface area contributed by atoms with Crippen LogP contribution < -0.4 is 5.32 Å². The Labute approximate surface area is 93.4 Å². The first-order valence-electron chi connectivity index (χ1n) is 5.22. The molecule has 0 saturated carbocycles. The molecule has 0 amide bonds. The Kier molecular flexibility index (Phi) is 6.03. The summed E-state index contributed by atoms with van der Waals surface area (Å²) in [6.07, 6.45) is 0.976. The Morgan fingerprint density at radius 1 is 1.14 bits per heavy atom. The molecular weight excluding hydrogens is 198 g/mol. The highest BCUT2D eigenvalue weighted by atomic mass is 35.5. The predicted octanol–water partition coefficient (Wildman–Crippen LogP) is 2.80. The van der Waals surface area contributed by atoms with Crippen LogP contribution in [0.4, 0.5) is 0 Å². The molecule has 0 atom stereocenters. The highest BCUT2D eigenvalue weighted by molar-refractivity contribution is 6.17. The molecule has 0 aromatic heterocycles. The van der Waals surface area contributed by atoms with Gasteiger partial charge in [-0.3, -0.25) is 0 Å². The average molecular weight is 222 g/mol. The number of nitrogens with one attached hydrogen (secondary N) is 1. The third kappa shape index (κ3) is 8.79. The second-order valence-electron chi connectivity index (χ2n) is 5.21. The van der Waals surface area contributed by atoms with Crippen molar-refractivity contribution in [1.82, 2.24) is 5.32 Å². The molecular formula is C11H24ClNO. The van der Waals surface area contributed by atoms with E-state index >= 15 is 0 Å². The zero-order valence-corrected chi connectivity index (χ0v) is 10.9. The third-order valence-electron chi connectivity index (χ3n) is 1.96. The van der Waals surface area contributed by atoms with Gasteiger partial charge in [0.2, 0.25) is 0 Å². The quantitative estimate of drug-likeness (QED) is 0.550. The van der Waals surface area contributed by atoms with Crippen molar-refractivity contribution in [3.8, 4) is 0 Å². The second-order valence-corrected chi connectivity index (χ2v) is 5.59. The molecule has 0 spiro atoms. The van der Waals surface area contributed by atoms with E-state index in [2.05, 4.69) is 39.9 Å². The van der Waals surface area contributed by atoms with E-state index in [1.807, 2.05) is 0 Å². The van der Waals surface area contributed by atoms with Crippen LogP contribution in [-0.2, 0) is 4.74 Å². The summed E-state index contributed by atoms with van der Waals surface area (Å²) in [6, 6.07) is 0. The lowest BCUT2D eigenvalue weighted by atomic mass is 10.0. The van der Waals surface area contributed by atoms with Gasteiger partial charge >= 0.3 is 0 Å². The summed E-state index contributed by atoms with van der Waals surface area (Å²) in [5, 5.41) is 3.42. The molecule has 0 aliphatic heterocycles. The van der Waals surface area contributed by atoms with Crippen LogP contribution in [-0.4, -0.2) is 30.2 Å². The van der Waals surface area contributed by atoms with Gasteiger partial charge in [0, 0.05) is 18.0 Å². The molecule has 86 valence electrons. The van der Waals surface area contributed by atoms with Gasteiger partial charge in [-0.05, 0) is 41.0 Å². The van der Waals surface area contributed by atoms with Crippen molar-refractivity contribution >= 4 is 11.6 Å². The lowest BCUT2D eigenvalue weighted by Crippen LogP contribution is -2.42. The Bertz CT molecular complexity index is 152. The molecule has 14 heavy (non-hydrogen) atoms. The minimum Gasteiger partial charge on any atom is -0.375 e. The molecule has 0 rings (SSSR count). The topological polar surface area (TPSA) is 21.3 Å². The van der Waals surface area contributed by atoms with Crippen molar-refractivity contribution in [2.45, 2.75) is 52.2 Å². The predicted molar refractivity (Wildman–Crippen MR) is 63.1 cm³/mol. The van der Waals surface area contributed by atoms with Gasteiger partial charge in [0.25, 0.3) is 0 Å². The molecule has 0 aliphatic rings. The van der Waals surface area contributed by atoms with E-state index in [4.69, 9.17) is 16.3 Å². The number of hydrogen-bond acceptors (Lipinski definition) is 2. The van der Waals surface area contributed by atoms with Crippen molar-refractivity contribution in [3.63, 3.8) is 0 Å². The first-order chi connectivity index (χ1) is 6.27. The van der Waals surface area contributed by atoms with Gasteiger partial charge in [0.05, 0.1) is 12.2 Å². The van der Waals surface area contributed by atoms with Crippen LogP contribution in [0.2, 0.25) is 0 Å². The molecule has 0 aromatic rings. The number of rotatable bonds is 6. The van der Waals surface area contributed by atoms with Gasteiger partial charge in [0.1, 0.15) is 0 Å². The Morgan fingerprint density at radius 2 is 1.71 bits per heavy atom. The van der Waals surface area contributed by atoms with Gasteiger partial charge < -0.3 is 10.1 Å². The van der Waals surface area contributed by atoms with Gasteiger partial charge in [0.15, 0.2) is 0 Å². The van der Waals surface area contributed by atoms with Gasteiger partial charge in [-0.1, -0.05) is 0 Å². The van der Waals surface area contributed by atoms with Crippen molar-refractivity contribution in [2.24, 2.45) is 0 Å². The molecule has 0 heterocycles. The standard InChI is InChI=1S/C11H24ClNO/c1-10(2,3)14-9-8-13-11(4,5)6-7-12/h13H,6-9H2,1-5H3. The monoisotopic (exact) mass is 221 g/mol. The van der Waals surface area contributed by atoms with Crippen LogP contribution in [0.5, 0.6) is 0 Å². The average Bonchev–Trinajstić information content (AvgIpc) is 1.96. The van der Waals surface area contributed by atoms with Crippen LogP contribution >= 0.6 is 11.6 Å². The van der Waals surface area contributed by atoms with Crippen molar-refractivity contribution < 1.29 is 4.74 Å². The Balaban J connectivity index is 3.54. The lowest BCUT2D eigenvalue weighted by Gasteiger charge is -2.27. The van der Waals surface area contributed by atoms with Crippen LogP contribution in [0, 0.1) is 0 Å². The van der Waals surface area contributed by atoms with E-state index in [9.17, 15) is 0 Å². The van der Waals surface area contributed by atoms with Crippen LogP contribution in [0.3, 0.4) is 0 Å². The number of ether oxygens (including phenoxy) is 1. The first-order valence-corrected chi connectivity index (χ1v) is 5.75. The fourth-order valence-electron chi connectivity index (χ4n) is 1.07. The van der Waals surface area contributed by atoms with Crippen molar-refractivity contribution in [2.75, 3.05) is 19.0 Å². The minimum absolute atomic E-state index is 0.0433. The zero-order chi connectivity index (χ0) is 11.2. The Hall–Kier alpha value is 0.210. The molecule has 0 bridgehead atoms. The summed E-state index contributed by atoms with van der Waals surface area (Å²) < 4.78 is 5.61. The Morgan fingerprint density at radius 3 is 2.14 bits per heavy atom. The zero-order valence-electron chi connectivity index (χ0n) is 10.1. The summed E-state index contributed by atoms with van der Waals surface area (Å²) in [5.74, 6) is 0.695. The number of hydrogen-bond donors (Lipinski definition) is 1. The fourth-order valence-corrected chi connectivity index (χ4v) is 1.54. The molecule has 0 fully saturated rings. The van der Waals surface area contributed by atoms with E-state index in [0.29, 0.717) is 5.88 Å². The SMILES string of the molecule is CC(C)(CCCl)NCCOC(C)(C)C. The highest BCUT2D eigenvalue weighted by Crippen LogP contribution is 2.09. The van der Waals surface area contributed by atoms with E-state index in [0.717, 1.165) is 19.6 Å². The maximum Gasteiger partial charge on any atom is 0.0599 e. The summed E-state index contributed by atoms with van der Waals surface area (Å²) in [6.45, 7) is 12.1. The van der Waals surface area contributed by atoms with E-state index in [1.54, 1.807) is 0 Å². The van der Waals surface area contributed by atoms with Crippen LogP contribution in [0.15, 0.2) is 0 Å². The maximum absolute atomic E-state index is 5.70. The van der Waals surface area contributed by atoms with Crippen molar-refractivity contribution in [3.05, 3.63) is 0 Å². The summed E-state index contributed by atoms with van der Waals surface area (Å²) >= 11 is 5.70. The summed E-state index contributed by atoms with van der Waals surface area (Å²) in [4.78, 5) is 0. The minimum atomic E-state index is -0.0433. The lowest BCUT2D eigenvalue weighted by molar-refractivity contribution is -0.00288. The fraction of sp³-hybridized carbons (Fsp3) is 1.00. The molecule has 0 aromatic carbocycles. The highest BCUT2D eigenvalue weighted by Gasteiger charge is 2.16. The van der Waals surface area contributed by atoms with Crippen molar-refractivity contribution in [1.29, 1.82) is 0 Å². The summed E-state index contributed by atoms with van der Waals surface area (Å²) in [7, 11) is 0.